The third kappa shape index (κ3) is 4.60. The number of para-hydroxylation sites is 1. The zero-order valence-electron chi connectivity index (χ0n) is 14.7. The van der Waals surface area contributed by atoms with Crippen molar-refractivity contribution < 1.29 is 19.1 Å². The Kier molecular flexibility index (Phi) is 5.98. The molecular formula is C21H18O5S. The first-order valence-corrected chi connectivity index (χ1v) is 10.1. The van der Waals surface area contributed by atoms with Crippen LogP contribution in [0, 0.1) is 0 Å². The van der Waals surface area contributed by atoms with Gasteiger partial charge < -0.3 is 14.3 Å². The van der Waals surface area contributed by atoms with Crippen molar-refractivity contribution >= 4 is 33.9 Å². The second-order valence-electron chi connectivity index (χ2n) is 5.80. The van der Waals surface area contributed by atoms with E-state index in [0.29, 0.717) is 11.1 Å². The number of hydrogen-bond donors (Lipinski definition) is 0. The molecule has 0 saturated carbocycles. The molecule has 2 aromatic carbocycles. The first-order chi connectivity index (χ1) is 13.1. The Morgan fingerprint density at radius 3 is 2.63 bits per heavy atom. The van der Waals surface area contributed by atoms with Gasteiger partial charge in [0.1, 0.15) is 24.2 Å². The number of hydrogen-bond acceptors (Lipinski definition) is 5. The van der Waals surface area contributed by atoms with Crippen LogP contribution in [0.25, 0.3) is 17.0 Å². The highest BCUT2D eigenvalue weighted by atomic mass is 32.2. The first kappa shape index (κ1) is 18.8. The van der Waals surface area contributed by atoms with Gasteiger partial charge in [0.15, 0.2) is 0 Å². The Morgan fingerprint density at radius 1 is 1.15 bits per heavy atom. The Bertz CT molecular complexity index is 1020. The first-order valence-electron chi connectivity index (χ1n) is 8.31. The van der Waals surface area contributed by atoms with E-state index in [1.807, 2.05) is 30.3 Å². The topological polar surface area (TPSA) is 79.6 Å². The van der Waals surface area contributed by atoms with Crippen LogP contribution in [0.5, 0.6) is 5.75 Å². The largest absolute Gasteiger partial charge is 0.868 e. The Morgan fingerprint density at radius 2 is 1.85 bits per heavy atom. The second kappa shape index (κ2) is 8.60. The van der Waals surface area contributed by atoms with E-state index in [9.17, 15) is 14.7 Å². The lowest BCUT2D eigenvalue weighted by Crippen LogP contribution is -2.22. The smallest absolute Gasteiger partial charge is 0.391 e. The molecule has 3 rings (SSSR count). The molecule has 1 unspecified atom stereocenters. The van der Waals surface area contributed by atoms with Crippen LogP contribution in [0.1, 0.15) is 5.56 Å². The Labute approximate surface area is 159 Å². The van der Waals surface area contributed by atoms with E-state index in [0.717, 1.165) is 5.56 Å². The normalized spacial score (nSPS) is 12.3. The molecule has 0 spiro atoms. The average molecular weight is 382 g/mol. The van der Waals surface area contributed by atoms with Crippen molar-refractivity contribution in [3.63, 3.8) is 0 Å². The molecule has 0 amide bonds. The molecule has 0 aliphatic rings. The van der Waals surface area contributed by atoms with Gasteiger partial charge in [0.25, 0.3) is 0 Å². The summed E-state index contributed by atoms with van der Waals surface area (Å²) >= 11 is 0. The van der Waals surface area contributed by atoms with Crippen molar-refractivity contribution in [2.24, 2.45) is 0 Å². The van der Waals surface area contributed by atoms with Crippen molar-refractivity contribution in [3.8, 4) is 5.75 Å². The van der Waals surface area contributed by atoms with E-state index >= 15 is 0 Å². The van der Waals surface area contributed by atoms with Gasteiger partial charge in [-0.1, -0.05) is 48.5 Å². The maximum atomic E-state index is 12.6. The number of esters is 1. The summed E-state index contributed by atoms with van der Waals surface area (Å²) in [6.07, 6.45) is 4.80. The molecule has 0 radical (unpaired) electrons. The van der Waals surface area contributed by atoms with Crippen molar-refractivity contribution in [1.82, 2.24) is 0 Å². The molecule has 0 aliphatic heterocycles. The maximum Gasteiger partial charge on any atom is 0.391 e. The molecule has 0 saturated heterocycles. The van der Waals surface area contributed by atoms with Crippen molar-refractivity contribution in [2.45, 2.75) is 4.90 Å². The summed E-state index contributed by atoms with van der Waals surface area (Å²) < 4.78 is 10.4. The minimum absolute atomic E-state index is 0.114. The molecule has 0 aliphatic carbocycles. The lowest BCUT2D eigenvalue weighted by Gasteiger charge is -2.13. The summed E-state index contributed by atoms with van der Waals surface area (Å²) in [7, 11) is -0.689. The summed E-state index contributed by atoms with van der Waals surface area (Å²) in [5.41, 5.74) is 0.556. The van der Waals surface area contributed by atoms with Crippen molar-refractivity contribution in [3.05, 3.63) is 76.7 Å². The monoisotopic (exact) mass is 382 g/mol. The number of carbonyl (C=O) groups is 1. The summed E-state index contributed by atoms with van der Waals surface area (Å²) in [6.45, 7) is 0.114. The number of rotatable bonds is 6. The number of benzene rings is 2. The van der Waals surface area contributed by atoms with Crippen LogP contribution in [0.2, 0.25) is 0 Å². The fourth-order valence-corrected chi connectivity index (χ4v) is 3.84. The number of fused-ring (bicyclic) bond motifs is 1. The van der Waals surface area contributed by atoms with E-state index in [1.54, 1.807) is 36.6 Å². The van der Waals surface area contributed by atoms with Crippen LogP contribution in [0.4, 0.5) is 0 Å². The molecular weight excluding hydrogens is 364 g/mol. The lowest BCUT2D eigenvalue weighted by atomic mass is 10.2. The second-order valence-corrected chi connectivity index (χ2v) is 7.89. The predicted octanol–water partition coefficient (Wildman–Crippen LogP) is 2.73. The zero-order chi connectivity index (χ0) is 19.2. The van der Waals surface area contributed by atoms with Gasteiger partial charge in [-0.3, -0.25) is 0 Å². The molecule has 1 aromatic heterocycles. The van der Waals surface area contributed by atoms with Crippen LogP contribution < -0.4 is 10.7 Å². The summed E-state index contributed by atoms with van der Waals surface area (Å²) in [4.78, 5) is 24.1. The highest BCUT2D eigenvalue weighted by Gasteiger charge is 2.24. The molecule has 1 atom stereocenters. The van der Waals surface area contributed by atoms with Crippen LogP contribution in [-0.4, -0.2) is 24.6 Å². The summed E-state index contributed by atoms with van der Waals surface area (Å²) in [6, 6.07) is 16.1. The van der Waals surface area contributed by atoms with Gasteiger partial charge in [-0.25, -0.2) is 9.59 Å². The molecule has 3 aromatic rings. The SMILES string of the molecule is C[S+](CCOC(=O)/C=C/c1ccccc1)c1c([O-])c2ccccc2oc1=O. The van der Waals surface area contributed by atoms with Gasteiger partial charge in [0, 0.05) is 22.4 Å². The quantitative estimate of drug-likeness (QED) is 0.283. The zero-order valence-corrected chi connectivity index (χ0v) is 15.5. The van der Waals surface area contributed by atoms with Gasteiger partial charge in [-0.05, 0) is 23.5 Å². The minimum Gasteiger partial charge on any atom is -0.868 e. The predicted molar refractivity (Wildman–Crippen MR) is 105 cm³/mol. The summed E-state index contributed by atoms with van der Waals surface area (Å²) in [5.74, 6) is -0.407. The molecule has 0 fully saturated rings. The van der Waals surface area contributed by atoms with Crippen LogP contribution in [-0.2, 0) is 20.4 Å². The number of carbonyl (C=O) groups excluding carboxylic acids is 1. The highest BCUT2D eigenvalue weighted by Crippen LogP contribution is 2.27. The van der Waals surface area contributed by atoms with Crippen LogP contribution in [0.3, 0.4) is 0 Å². The van der Waals surface area contributed by atoms with E-state index in [-0.39, 0.29) is 22.8 Å². The molecule has 0 bridgehead atoms. The van der Waals surface area contributed by atoms with Crippen molar-refractivity contribution in [2.75, 3.05) is 18.6 Å². The van der Waals surface area contributed by atoms with Gasteiger partial charge in [0.2, 0.25) is 4.90 Å². The third-order valence-electron chi connectivity index (χ3n) is 3.92. The van der Waals surface area contributed by atoms with E-state index in [2.05, 4.69) is 0 Å². The molecule has 5 nitrogen and oxygen atoms in total. The highest BCUT2D eigenvalue weighted by molar-refractivity contribution is 7.96. The Hall–Kier alpha value is -2.99. The van der Waals surface area contributed by atoms with Gasteiger partial charge >= 0.3 is 11.6 Å². The fourth-order valence-electron chi connectivity index (χ4n) is 2.55. The average Bonchev–Trinajstić information content (AvgIpc) is 2.67. The fraction of sp³-hybridized carbons (Fsp3) is 0.143. The van der Waals surface area contributed by atoms with Crippen LogP contribution >= 0.6 is 0 Å². The molecule has 6 heteroatoms. The maximum absolute atomic E-state index is 12.6. The molecule has 138 valence electrons. The van der Waals surface area contributed by atoms with E-state index < -0.39 is 22.5 Å². The Balaban J connectivity index is 1.62. The molecule has 0 N–H and O–H groups in total. The van der Waals surface area contributed by atoms with Crippen molar-refractivity contribution in [1.29, 1.82) is 0 Å². The van der Waals surface area contributed by atoms with Gasteiger partial charge in [0.05, 0.1) is 0 Å². The van der Waals surface area contributed by atoms with Crippen LogP contribution in [0.15, 0.2) is 74.8 Å². The lowest BCUT2D eigenvalue weighted by molar-refractivity contribution is -0.270. The standard InChI is InChI=1S/C21H18O5S/c1-27(14-13-25-18(22)12-11-15-7-3-2-4-8-15)20-19(23)16-9-5-6-10-17(16)26-21(20)24/h2-12H,13-14H2,1H3/b12-11+. The minimum atomic E-state index is -0.689. The molecule has 1 heterocycles. The van der Waals surface area contributed by atoms with E-state index in [1.165, 1.54) is 6.08 Å². The number of ether oxygens (including phenoxy) is 1. The van der Waals surface area contributed by atoms with Gasteiger partial charge in [-0.15, -0.1) is 0 Å². The van der Waals surface area contributed by atoms with E-state index in [4.69, 9.17) is 9.15 Å². The van der Waals surface area contributed by atoms with Gasteiger partial charge in [-0.2, -0.15) is 0 Å². The molecule has 27 heavy (non-hydrogen) atoms. The summed E-state index contributed by atoms with van der Waals surface area (Å²) in [5, 5.41) is 13.0. The third-order valence-corrected chi connectivity index (χ3v) is 5.75.